The van der Waals surface area contributed by atoms with E-state index in [-0.39, 0.29) is 36.3 Å². The first kappa shape index (κ1) is 24.7. The Bertz CT molecular complexity index is 1160. The molecule has 3 atom stereocenters. The summed E-state index contributed by atoms with van der Waals surface area (Å²) in [6, 6.07) is 22.4. The summed E-state index contributed by atoms with van der Waals surface area (Å²) in [5, 5.41) is 2.07. The van der Waals surface area contributed by atoms with E-state index in [1.165, 1.54) is 16.0 Å². The quantitative estimate of drug-likeness (QED) is 0.373. The van der Waals surface area contributed by atoms with Crippen LogP contribution in [0.1, 0.15) is 46.7 Å². The van der Waals surface area contributed by atoms with Gasteiger partial charge in [-0.05, 0) is 60.2 Å². The number of hydrogen-bond acceptors (Lipinski definition) is 4. The van der Waals surface area contributed by atoms with Crippen LogP contribution in [-0.4, -0.2) is 47.4 Å². The molecule has 6 heteroatoms. The van der Waals surface area contributed by atoms with E-state index in [9.17, 15) is 9.59 Å². The SMILES string of the molecule is Cc1ccsc1CN(Cc1ccccc1)C(=O)CN(CC1CCCO1)C(=O)C1C[C@H]1c1ccccc1. The highest BCUT2D eigenvalue weighted by Crippen LogP contribution is 2.48. The maximum Gasteiger partial charge on any atom is 0.242 e. The number of ether oxygens (including phenoxy) is 1. The van der Waals surface area contributed by atoms with E-state index >= 15 is 0 Å². The maximum absolute atomic E-state index is 13.8. The number of hydrogen-bond donors (Lipinski definition) is 0. The molecule has 1 saturated carbocycles. The molecule has 2 heterocycles. The van der Waals surface area contributed by atoms with Gasteiger partial charge in [-0.15, -0.1) is 11.3 Å². The highest BCUT2D eigenvalue weighted by atomic mass is 32.1. The molecule has 2 unspecified atom stereocenters. The Morgan fingerprint density at radius 3 is 2.39 bits per heavy atom. The predicted molar refractivity (Wildman–Crippen MR) is 143 cm³/mol. The Hall–Kier alpha value is -2.96. The fraction of sp³-hybridized carbons (Fsp3) is 0.400. The standard InChI is InChI=1S/C30H34N2O3S/c1-22-14-16-36-28(22)20-31(18-23-9-4-2-5-10-23)29(33)21-32(19-25-13-8-15-35-25)30(34)27-17-26(27)24-11-6-3-7-12-24/h2-7,9-12,14,16,25-27H,8,13,15,17-21H2,1H3/t25?,26-,27?/m0/s1. The van der Waals surface area contributed by atoms with Crippen LogP contribution in [0.2, 0.25) is 0 Å². The van der Waals surface area contributed by atoms with Crippen molar-refractivity contribution in [3.05, 3.63) is 93.7 Å². The van der Waals surface area contributed by atoms with Gasteiger partial charge in [-0.1, -0.05) is 60.7 Å². The fourth-order valence-corrected chi connectivity index (χ4v) is 6.00. The Morgan fingerprint density at radius 2 is 1.72 bits per heavy atom. The Balaban J connectivity index is 1.32. The Kier molecular flexibility index (Phi) is 7.83. The van der Waals surface area contributed by atoms with Crippen molar-refractivity contribution in [3.8, 4) is 0 Å². The molecule has 1 aliphatic carbocycles. The van der Waals surface area contributed by atoms with Crippen molar-refractivity contribution >= 4 is 23.2 Å². The minimum atomic E-state index is -0.0521. The van der Waals surface area contributed by atoms with Gasteiger partial charge >= 0.3 is 0 Å². The van der Waals surface area contributed by atoms with E-state index < -0.39 is 0 Å². The van der Waals surface area contributed by atoms with Crippen LogP contribution in [0.25, 0.3) is 0 Å². The third kappa shape index (κ3) is 6.05. The van der Waals surface area contributed by atoms with E-state index in [1.54, 1.807) is 16.2 Å². The molecule has 0 radical (unpaired) electrons. The molecule has 36 heavy (non-hydrogen) atoms. The van der Waals surface area contributed by atoms with Gasteiger partial charge in [-0.25, -0.2) is 0 Å². The minimum Gasteiger partial charge on any atom is -0.376 e. The molecule has 2 fully saturated rings. The molecule has 0 spiro atoms. The lowest BCUT2D eigenvalue weighted by atomic mass is 10.1. The van der Waals surface area contributed by atoms with Crippen LogP contribution in [0.3, 0.4) is 0 Å². The summed E-state index contributed by atoms with van der Waals surface area (Å²) in [5.74, 6) is 0.258. The lowest BCUT2D eigenvalue weighted by Gasteiger charge is -2.29. The molecule has 0 N–H and O–H groups in total. The van der Waals surface area contributed by atoms with E-state index in [0.29, 0.717) is 19.6 Å². The molecule has 2 aromatic carbocycles. The van der Waals surface area contributed by atoms with Gasteiger partial charge in [0.2, 0.25) is 11.8 Å². The van der Waals surface area contributed by atoms with E-state index in [0.717, 1.165) is 31.4 Å². The number of benzene rings is 2. The van der Waals surface area contributed by atoms with Gasteiger partial charge in [0.25, 0.3) is 0 Å². The molecular weight excluding hydrogens is 468 g/mol. The molecule has 1 aliphatic heterocycles. The van der Waals surface area contributed by atoms with Crippen LogP contribution in [0.5, 0.6) is 0 Å². The van der Waals surface area contributed by atoms with Gasteiger partial charge in [0.05, 0.1) is 19.2 Å². The van der Waals surface area contributed by atoms with Crippen LogP contribution in [0, 0.1) is 12.8 Å². The van der Waals surface area contributed by atoms with Gasteiger partial charge in [0, 0.05) is 30.5 Å². The second-order valence-corrected chi connectivity index (χ2v) is 11.0. The molecule has 0 bridgehead atoms. The van der Waals surface area contributed by atoms with Crippen molar-refractivity contribution < 1.29 is 14.3 Å². The molecule has 188 valence electrons. The molecule has 5 nitrogen and oxygen atoms in total. The summed E-state index contributed by atoms with van der Waals surface area (Å²) in [5.41, 5.74) is 3.49. The number of thiophene rings is 1. The number of rotatable bonds is 10. The summed E-state index contributed by atoms with van der Waals surface area (Å²) < 4.78 is 5.87. The molecule has 2 amide bonds. The normalized spacial score (nSPS) is 20.8. The van der Waals surface area contributed by atoms with Crippen molar-refractivity contribution in [2.45, 2.75) is 51.3 Å². The van der Waals surface area contributed by atoms with Crippen LogP contribution in [0.15, 0.2) is 72.1 Å². The van der Waals surface area contributed by atoms with Crippen LogP contribution >= 0.6 is 11.3 Å². The van der Waals surface area contributed by atoms with Gasteiger partial charge in [0.1, 0.15) is 0 Å². The summed E-state index contributed by atoms with van der Waals surface area (Å²) in [6.45, 7) is 4.47. The second kappa shape index (κ2) is 11.4. The number of nitrogens with zero attached hydrogens (tertiary/aromatic N) is 2. The minimum absolute atomic E-state index is 0.0118. The van der Waals surface area contributed by atoms with Crippen LogP contribution in [-0.2, 0) is 27.4 Å². The summed E-state index contributed by atoms with van der Waals surface area (Å²) in [7, 11) is 0. The lowest BCUT2D eigenvalue weighted by molar-refractivity contribution is -0.143. The van der Waals surface area contributed by atoms with E-state index in [2.05, 4.69) is 30.5 Å². The maximum atomic E-state index is 13.8. The molecular formula is C30H34N2O3S. The largest absolute Gasteiger partial charge is 0.376 e. The first-order valence-electron chi connectivity index (χ1n) is 12.9. The van der Waals surface area contributed by atoms with Gasteiger partial charge < -0.3 is 14.5 Å². The summed E-state index contributed by atoms with van der Waals surface area (Å²) in [6.07, 6.45) is 2.81. The van der Waals surface area contributed by atoms with E-state index in [4.69, 9.17) is 4.74 Å². The smallest absolute Gasteiger partial charge is 0.242 e. The van der Waals surface area contributed by atoms with Crippen LogP contribution in [0.4, 0.5) is 0 Å². The number of carbonyl (C=O) groups excluding carboxylic acids is 2. The summed E-state index contributed by atoms with van der Waals surface area (Å²) >= 11 is 1.68. The number of carbonyl (C=O) groups is 2. The average Bonchev–Trinajstić information content (AvgIpc) is 3.34. The highest BCUT2D eigenvalue weighted by Gasteiger charge is 2.46. The van der Waals surface area contributed by atoms with Crippen molar-refractivity contribution in [1.82, 2.24) is 9.80 Å². The van der Waals surface area contributed by atoms with Crippen molar-refractivity contribution in [2.24, 2.45) is 5.92 Å². The Morgan fingerprint density at radius 1 is 0.972 bits per heavy atom. The Labute approximate surface area is 217 Å². The molecule has 1 aromatic heterocycles. The summed E-state index contributed by atoms with van der Waals surface area (Å²) in [4.78, 5) is 32.3. The first-order valence-corrected chi connectivity index (χ1v) is 13.8. The van der Waals surface area contributed by atoms with Gasteiger partial charge in [-0.3, -0.25) is 9.59 Å². The van der Waals surface area contributed by atoms with Gasteiger partial charge in [-0.2, -0.15) is 0 Å². The number of aryl methyl sites for hydroxylation is 1. The zero-order valence-corrected chi connectivity index (χ0v) is 21.7. The predicted octanol–water partition coefficient (Wildman–Crippen LogP) is 5.40. The van der Waals surface area contributed by atoms with Crippen LogP contribution < -0.4 is 0 Å². The third-order valence-electron chi connectivity index (χ3n) is 7.29. The van der Waals surface area contributed by atoms with Crippen molar-refractivity contribution in [1.29, 1.82) is 0 Å². The second-order valence-electron chi connectivity index (χ2n) is 9.98. The van der Waals surface area contributed by atoms with E-state index in [1.807, 2.05) is 53.4 Å². The van der Waals surface area contributed by atoms with Crippen molar-refractivity contribution in [2.75, 3.05) is 19.7 Å². The molecule has 3 aromatic rings. The molecule has 1 saturated heterocycles. The highest BCUT2D eigenvalue weighted by molar-refractivity contribution is 7.10. The third-order valence-corrected chi connectivity index (χ3v) is 8.30. The van der Waals surface area contributed by atoms with Gasteiger partial charge in [0.15, 0.2) is 0 Å². The molecule has 2 aliphatic rings. The fourth-order valence-electron chi connectivity index (χ4n) is 5.08. The lowest BCUT2D eigenvalue weighted by Crippen LogP contribution is -2.46. The topological polar surface area (TPSA) is 49.9 Å². The monoisotopic (exact) mass is 502 g/mol. The zero-order chi connectivity index (χ0) is 24.9. The first-order chi connectivity index (χ1) is 17.6. The number of amides is 2. The van der Waals surface area contributed by atoms with Crippen molar-refractivity contribution in [3.63, 3.8) is 0 Å². The zero-order valence-electron chi connectivity index (χ0n) is 20.8. The molecule has 5 rings (SSSR count). The average molecular weight is 503 g/mol.